The molecule has 86 valence electrons. The van der Waals surface area contributed by atoms with E-state index in [9.17, 15) is 9.90 Å². The highest BCUT2D eigenvalue weighted by Crippen LogP contribution is 2.20. The third kappa shape index (κ3) is 3.03. The molecule has 0 aliphatic heterocycles. The zero-order valence-corrected chi connectivity index (χ0v) is 8.90. The number of halogens is 1. The SMILES string of the molecule is N/C(CNC(=O)c1cc(O)ccc1Cl)=N/O. The molecule has 0 spiro atoms. The standard InChI is InChI=1S/C9H10ClN3O3/c10-7-2-1-5(14)3-6(7)9(15)12-4-8(11)13-16/h1-3,14,16H,4H2,(H2,11,13)(H,12,15). The summed E-state index contributed by atoms with van der Waals surface area (Å²) in [5.41, 5.74) is 5.29. The molecule has 0 heterocycles. The van der Waals surface area contributed by atoms with Gasteiger partial charge in [0.1, 0.15) is 5.75 Å². The second-order valence-electron chi connectivity index (χ2n) is 2.94. The van der Waals surface area contributed by atoms with Gasteiger partial charge < -0.3 is 21.4 Å². The molecule has 0 aliphatic carbocycles. The number of oxime groups is 1. The molecule has 0 saturated carbocycles. The highest BCUT2D eigenvalue weighted by atomic mass is 35.5. The van der Waals surface area contributed by atoms with E-state index in [2.05, 4.69) is 10.5 Å². The van der Waals surface area contributed by atoms with Gasteiger partial charge in [-0.1, -0.05) is 16.8 Å². The average molecular weight is 244 g/mol. The van der Waals surface area contributed by atoms with E-state index in [4.69, 9.17) is 22.5 Å². The van der Waals surface area contributed by atoms with Crippen molar-refractivity contribution in [2.24, 2.45) is 10.9 Å². The minimum Gasteiger partial charge on any atom is -0.508 e. The first-order valence-corrected chi connectivity index (χ1v) is 4.65. The fourth-order valence-electron chi connectivity index (χ4n) is 0.989. The van der Waals surface area contributed by atoms with Crippen LogP contribution in [0.4, 0.5) is 0 Å². The van der Waals surface area contributed by atoms with Gasteiger partial charge in [0.2, 0.25) is 0 Å². The van der Waals surface area contributed by atoms with Crippen LogP contribution in [0, 0.1) is 0 Å². The Balaban J connectivity index is 2.77. The van der Waals surface area contributed by atoms with Crippen LogP contribution in [-0.2, 0) is 0 Å². The lowest BCUT2D eigenvalue weighted by Gasteiger charge is -2.06. The molecule has 5 N–H and O–H groups in total. The molecule has 0 bridgehead atoms. The summed E-state index contributed by atoms with van der Waals surface area (Å²) in [5.74, 6) is -0.726. The number of benzene rings is 1. The number of nitrogens with zero attached hydrogens (tertiary/aromatic N) is 1. The molecule has 1 aromatic rings. The molecule has 0 aliphatic rings. The lowest BCUT2D eigenvalue weighted by Crippen LogP contribution is -2.33. The van der Waals surface area contributed by atoms with Crippen LogP contribution < -0.4 is 11.1 Å². The van der Waals surface area contributed by atoms with Gasteiger partial charge in [-0.15, -0.1) is 0 Å². The van der Waals surface area contributed by atoms with Crippen LogP contribution >= 0.6 is 11.6 Å². The van der Waals surface area contributed by atoms with Gasteiger partial charge in [-0.05, 0) is 18.2 Å². The van der Waals surface area contributed by atoms with Crippen molar-refractivity contribution in [2.75, 3.05) is 6.54 Å². The highest BCUT2D eigenvalue weighted by molar-refractivity contribution is 6.33. The van der Waals surface area contributed by atoms with E-state index < -0.39 is 5.91 Å². The van der Waals surface area contributed by atoms with Crippen molar-refractivity contribution in [3.8, 4) is 5.75 Å². The van der Waals surface area contributed by atoms with E-state index >= 15 is 0 Å². The van der Waals surface area contributed by atoms with E-state index in [-0.39, 0.29) is 28.7 Å². The third-order valence-electron chi connectivity index (χ3n) is 1.75. The Morgan fingerprint density at radius 2 is 2.25 bits per heavy atom. The van der Waals surface area contributed by atoms with E-state index in [1.807, 2.05) is 0 Å². The molecule has 1 aromatic carbocycles. The number of hydrogen-bond donors (Lipinski definition) is 4. The molecule has 1 rings (SSSR count). The number of hydrogen-bond acceptors (Lipinski definition) is 4. The monoisotopic (exact) mass is 243 g/mol. The molecule has 6 nitrogen and oxygen atoms in total. The number of phenols is 1. The van der Waals surface area contributed by atoms with Crippen LogP contribution in [0.15, 0.2) is 23.4 Å². The van der Waals surface area contributed by atoms with Crippen LogP contribution in [0.1, 0.15) is 10.4 Å². The Morgan fingerprint density at radius 1 is 1.56 bits per heavy atom. The van der Waals surface area contributed by atoms with Gasteiger partial charge in [0.05, 0.1) is 17.1 Å². The van der Waals surface area contributed by atoms with E-state index in [1.165, 1.54) is 18.2 Å². The summed E-state index contributed by atoms with van der Waals surface area (Å²) >= 11 is 5.76. The molecule has 0 radical (unpaired) electrons. The maximum absolute atomic E-state index is 11.5. The molecular weight excluding hydrogens is 234 g/mol. The maximum atomic E-state index is 11.5. The predicted molar refractivity (Wildman–Crippen MR) is 58.9 cm³/mol. The molecule has 0 fully saturated rings. The molecule has 0 unspecified atom stereocenters. The minimum atomic E-state index is -0.521. The van der Waals surface area contributed by atoms with Gasteiger partial charge in [0, 0.05) is 0 Å². The molecule has 1 amide bonds. The fraction of sp³-hybridized carbons (Fsp3) is 0.111. The first-order valence-electron chi connectivity index (χ1n) is 4.27. The van der Waals surface area contributed by atoms with Crippen molar-refractivity contribution >= 4 is 23.3 Å². The fourth-order valence-corrected chi connectivity index (χ4v) is 1.19. The average Bonchev–Trinajstić information content (AvgIpc) is 2.28. The quantitative estimate of drug-likeness (QED) is 0.269. The van der Waals surface area contributed by atoms with Crippen molar-refractivity contribution in [3.63, 3.8) is 0 Å². The van der Waals surface area contributed by atoms with Crippen LogP contribution in [0.2, 0.25) is 5.02 Å². The Labute approximate surface area is 96.3 Å². The smallest absolute Gasteiger partial charge is 0.253 e. The Morgan fingerprint density at radius 3 is 2.88 bits per heavy atom. The number of amides is 1. The summed E-state index contributed by atoms with van der Waals surface area (Å²) in [6.07, 6.45) is 0. The van der Waals surface area contributed by atoms with Crippen LogP contribution in [0.3, 0.4) is 0 Å². The third-order valence-corrected chi connectivity index (χ3v) is 2.08. The maximum Gasteiger partial charge on any atom is 0.253 e. The van der Waals surface area contributed by atoms with E-state index in [0.29, 0.717) is 0 Å². The number of amidine groups is 1. The van der Waals surface area contributed by atoms with Crippen molar-refractivity contribution in [2.45, 2.75) is 0 Å². The highest BCUT2D eigenvalue weighted by Gasteiger charge is 2.11. The number of nitrogens with two attached hydrogens (primary N) is 1. The first-order chi connectivity index (χ1) is 7.54. The lowest BCUT2D eigenvalue weighted by molar-refractivity contribution is 0.0958. The molecule has 0 saturated heterocycles. The Hall–Kier alpha value is -1.95. The summed E-state index contributed by atoms with van der Waals surface area (Å²) in [6, 6.07) is 3.99. The Kier molecular flexibility index (Phi) is 3.96. The van der Waals surface area contributed by atoms with E-state index in [1.54, 1.807) is 0 Å². The van der Waals surface area contributed by atoms with Crippen LogP contribution in [0.5, 0.6) is 5.75 Å². The number of rotatable bonds is 3. The van der Waals surface area contributed by atoms with Crippen LogP contribution in [0.25, 0.3) is 0 Å². The Bertz CT molecular complexity index is 434. The van der Waals surface area contributed by atoms with Gasteiger partial charge in [-0.25, -0.2) is 0 Å². The van der Waals surface area contributed by atoms with Crippen molar-refractivity contribution in [1.29, 1.82) is 0 Å². The summed E-state index contributed by atoms with van der Waals surface area (Å²) in [4.78, 5) is 11.5. The number of carbonyl (C=O) groups excluding carboxylic acids is 1. The zero-order valence-electron chi connectivity index (χ0n) is 8.14. The largest absolute Gasteiger partial charge is 0.508 e. The van der Waals surface area contributed by atoms with Crippen molar-refractivity contribution in [1.82, 2.24) is 5.32 Å². The molecule has 0 aromatic heterocycles. The first kappa shape index (κ1) is 12.1. The summed E-state index contributed by atoms with van der Waals surface area (Å²) in [5, 5.41) is 22.7. The van der Waals surface area contributed by atoms with Gasteiger partial charge >= 0.3 is 0 Å². The second-order valence-corrected chi connectivity index (χ2v) is 3.35. The van der Waals surface area contributed by atoms with Gasteiger partial charge in [0.25, 0.3) is 5.91 Å². The lowest BCUT2D eigenvalue weighted by atomic mass is 10.2. The number of nitrogens with one attached hydrogen (secondary N) is 1. The van der Waals surface area contributed by atoms with E-state index in [0.717, 1.165) is 0 Å². The molecule has 16 heavy (non-hydrogen) atoms. The number of aromatic hydroxyl groups is 1. The summed E-state index contributed by atoms with van der Waals surface area (Å²) in [7, 11) is 0. The van der Waals surface area contributed by atoms with Crippen molar-refractivity contribution < 1.29 is 15.1 Å². The number of phenolic OH excluding ortho intramolecular Hbond substituents is 1. The molecule has 0 atom stereocenters. The van der Waals surface area contributed by atoms with Gasteiger partial charge in [-0.3, -0.25) is 4.79 Å². The zero-order chi connectivity index (χ0) is 12.1. The van der Waals surface area contributed by atoms with Crippen molar-refractivity contribution in [3.05, 3.63) is 28.8 Å². The van der Waals surface area contributed by atoms with Gasteiger partial charge in [0.15, 0.2) is 5.84 Å². The normalized spacial score (nSPS) is 11.2. The summed E-state index contributed by atoms with van der Waals surface area (Å²) < 4.78 is 0. The summed E-state index contributed by atoms with van der Waals surface area (Å²) in [6.45, 7) is -0.110. The molecular formula is C9H10ClN3O3. The minimum absolute atomic E-state index is 0.0710. The van der Waals surface area contributed by atoms with Crippen LogP contribution in [-0.4, -0.2) is 28.6 Å². The topological polar surface area (TPSA) is 108 Å². The second kappa shape index (κ2) is 5.22. The molecule has 7 heteroatoms. The van der Waals surface area contributed by atoms with Gasteiger partial charge in [-0.2, -0.15) is 0 Å². The number of carbonyl (C=O) groups is 1. The predicted octanol–water partition coefficient (Wildman–Crippen LogP) is 0.522.